The third-order valence-electron chi connectivity index (χ3n) is 5.57. The summed E-state index contributed by atoms with van der Waals surface area (Å²) in [6, 6.07) is 3.06. The smallest absolute Gasteiger partial charge is 0.406 e. The van der Waals surface area contributed by atoms with Gasteiger partial charge in [0.1, 0.15) is 11.8 Å². The number of amides is 3. The van der Waals surface area contributed by atoms with E-state index in [-0.39, 0.29) is 19.4 Å². The predicted molar refractivity (Wildman–Crippen MR) is 105 cm³/mol. The van der Waals surface area contributed by atoms with Crippen LogP contribution >= 0.6 is 0 Å². The number of rotatable bonds is 7. The summed E-state index contributed by atoms with van der Waals surface area (Å²) in [6.45, 7) is -0.0789. The molecule has 4 N–H and O–H groups in total. The number of halogens is 3. The number of alkyl halides is 3. The first kappa shape index (κ1) is 23.4. The van der Waals surface area contributed by atoms with Crippen molar-refractivity contribution in [2.45, 2.75) is 55.6 Å². The molecule has 3 atom stereocenters. The quantitative estimate of drug-likeness (QED) is 0.521. The number of carbonyl (C=O) groups is 3. The molecule has 2 fully saturated rings. The van der Waals surface area contributed by atoms with Crippen molar-refractivity contribution in [2.75, 3.05) is 6.54 Å². The molecule has 11 heteroatoms. The third-order valence-corrected chi connectivity index (χ3v) is 5.57. The number of aliphatic hydroxyl groups excluding tert-OH is 1. The van der Waals surface area contributed by atoms with Gasteiger partial charge in [0, 0.05) is 13.0 Å². The molecular weight excluding hydrogens is 431 g/mol. The lowest BCUT2D eigenvalue weighted by atomic mass is 9.93. The monoisotopic (exact) mass is 453 g/mol. The van der Waals surface area contributed by atoms with E-state index < -0.39 is 53.4 Å². The minimum atomic E-state index is -4.83. The average molecular weight is 453 g/mol. The molecule has 3 rings (SSSR count). The highest BCUT2D eigenvalue weighted by Crippen LogP contribution is 2.50. The van der Waals surface area contributed by atoms with E-state index >= 15 is 0 Å². The van der Waals surface area contributed by atoms with E-state index in [4.69, 9.17) is 12.2 Å². The molecule has 172 valence electrons. The van der Waals surface area contributed by atoms with E-state index in [2.05, 4.69) is 16.0 Å². The van der Waals surface area contributed by atoms with Crippen LogP contribution < -0.4 is 15.8 Å². The van der Waals surface area contributed by atoms with Crippen LogP contribution in [0, 0.1) is 12.3 Å². The Morgan fingerprint density at radius 3 is 2.44 bits per heavy atom. The number of nitrogens with two attached hydrogens (primary N) is 1. The maximum absolute atomic E-state index is 13.3. The van der Waals surface area contributed by atoms with Gasteiger partial charge in [0.05, 0.1) is 24.0 Å². The second-order valence-corrected chi connectivity index (χ2v) is 7.92. The summed E-state index contributed by atoms with van der Waals surface area (Å²) in [5, 5.41) is 12.6. The number of aliphatic hydroxyl groups is 1. The molecule has 0 unspecified atom stereocenters. The highest BCUT2D eigenvalue weighted by atomic mass is 19.4. The molecule has 1 aromatic carbocycles. The Balaban J connectivity index is 1.75. The summed E-state index contributed by atoms with van der Waals surface area (Å²) in [5.74, 6) is 0.0943. The van der Waals surface area contributed by atoms with Crippen LogP contribution in [0.15, 0.2) is 24.3 Å². The van der Waals surface area contributed by atoms with Crippen LogP contribution in [0.4, 0.5) is 13.2 Å². The zero-order chi connectivity index (χ0) is 23.7. The zero-order valence-electron chi connectivity index (χ0n) is 16.9. The molecule has 8 nitrogen and oxygen atoms in total. The molecule has 1 aliphatic carbocycles. The molecule has 0 spiro atoms. The van der Waals surface area contributed by atoms with E-state index in [0.29, 0.717) is 18.4 Å². The Hall–Kier alpha value is -3.26. The van der Waals surface area contributed by atoms with Gasteiger partial charge in [-0.1, -0.05) is 18.1 Å². The number of hydrogen-bond acceptors (Lipinski definition) is 5. The summed E-state index contributed by atoms with van der Waals surface area (Å²) in [7, 11) is 0. The van der Waals surface area contributed by atoms with E-state index in [9.17, 15) is 32.7 Å². The lowest BCUT2D eigenvalue weighted by Crippen LogP contribution is -2.51. The van der Waals surface area contributed by atoms with Crippen LogP contribution in [0.2, 0.25) is 0 Å². The van der Waals surface area contributed by atoms with Gasteiger partial charge in [-0.05, 0) is 30.5 Å². The van der Waals surface area contributed by atoms with Crippen molar-refractivity contribution in [3.8, 4) is 18.1 Å². The van der Waals surface area contributed by atoms with Crippen LogP contribution in [0.5, 0.6) is 5.75 Å². The van der Waals surface area contributed by atoms with Gasteiger partial charge in [-0.2, -0.15) is 0 Å². The van der Waals surface area contributed by atoms with Crippen molar-refractivity contribution in [1.82, 2.24) is 10.2 Å². The van der Waals surface area contributed by atoms with Gasteiger partial charge < -0.3 is 25.8 Å². The van der Waals surface area contributed by atoms with Crippen molar-refractivity contribution >= 4 is 17.7 Å². The van der Waals surface area contributed by atoms with E-state index in [0.717, 1.165) is 12.1 Å². The number of terminal acetylenes is 1. The normalized spacial score (nSPS) is 22.5. The second-order valence-electron chi connectivity index (χ2n) is 7.92. The molecule has 32 heavy (non-hydrogen) atoms. The average Bonchev–Trinajstić information content (AvgIpc) is 3.41. The van der Waals surface area contributed by atoms with Crippen LogP contribution in [0.25, 0.3) is 0 Å². The van der Waals surface area contributed by atoms with Crippen LogP contribution in [-0.2, 0) is 19.8 Å². The standard InChI is InChI=1S/C21H22F3N3O5/c1-2-13(9-17(25)29)26-18(30)16-10-14(28)11-27(16)19(31)20(7-8-20)12-3-5-15(6-4-12)32-21(22,23)24/h1,3-6,13-14,16,28H,7-11H2,(H2,25,29)(H,26,30)/t13-,14-,16+/m1/s1. The van der Waals surface area contributed by atoms with Gasteiger partial charge in [0.2, 0.25) is 17.7 Å². The summed E-state index contributed by atoms with van der Waals surface area (Å²) in [5.41, 5.74) is 4.61. The number of nitrogens with one attached hydrogen (secondary N) is 1. The largest absolute Gasteiger partial charge is 0.573 e. The number of ether oxygens (including phenoxy) is 1. The fourth-order valence-corrected chi connectivity index (χ4v) is 3.91. The fraction of sp³-hybridized carbons (Fsp3) is 0.476. The van der Waals surface area contributed by atoms with Crippen LogP contribution in [0.3, 0.4) is 0 Å². The van der Waals surface area contributed by atoms with E-state index in [1.807, 2.05) is 0 Å². The maximum atomic E-state index is 13.3. The van der Waals surface area contributed by atoms with Crippen molar-refractivity contribution < 1.29 is 37.4 Å². The molecule has 2 aliphatic rings. The number of carbonyl (C=O) groups excluding carboxylic acids is 3. The van der Waals surface area contributed by atoms with Crippen molar-refractivity contribution in [1.29, 1.82) is 0 Å². The first-order valence-corrected chi connectivity index (χ1v) is 9.85. The van der Waals surface area contributed by atoms with Crippen molar-refractivity contribution in [2.24, 2.45) is 5.73 Å². The highest BCUT2D eigenvalue weighted by molar-refractivity contribution is 5.96. The first-order valence-electron chi connectivity index (χ1n) is 9.85. The molecule has 1 aliphatic heterocycles. The van der Waals surface area contributed by atoms with Gasteiger partial charge in [0.15, 0.2) is 0 Å². The molecular formula is C21H22F3N3O5. The summed E-state index contributed by atoms with van der Waals surface area (Å²) in [4.78, 5) is 38.4. The topological polar surface area (TPSA) is 122 Å². The SMILES string of the molecule is C#C[C@H](CC(N)=O)NC(=O)[C@@H]1C[C@@H](O)CN1C(=O)C1(c2ccc(OC(F)(F)F)cc2)CC1. The lowest BCUT2D eigenvalue weighted by Gasteiger charge is -2.29. The van der Waals surface area contributed by atoms with Crippen LogP contribution in [-0.4, -0.2) is 58.8 Å². The molecule has 0 bridgehead atoms. The number of nitrogens with zero attached hydrogens (tertiary/aromatic N) is 1. The molecule has 0 aromatic heterocycles. The molecule has 1 aromatic rings. The van der Waals surface area contributed by atoms with Crippen molar-refractivity contribution in [3.63, 3.8) is 0 Å². The Kier molecular flexibility index (Phi) is 6.37. The number of β-amino-alcohol motifs (C(OH)–C–C–N with tert-alkyl or cyclic N) is 1. The molecule has 3 amide bonds. The van der Waals surface area contributed by atoms with E-state index in [1.54, 1.807) is 0 Å². The van der Waals surface area contributed by atoms with E-state index in [1.165, 1.54) is 17.0 Å². The summed E-state index contributed by atoms with van der Waals surface area (Å²) >= 11 is 0. The Labute approximate surface area is 181 Å². The predicted octanol–water partition coefficient (Wildman–Crippen LogP) is 0.572. The second kappa shape index (κ2) is 8.70. The number of hydrogen-bond donors (Lipinski definition) is 3. The van der Waals surface area contributed by atoms with Gasteiger partial charge >= 0.3 is 6.36 Å². The number of likely N-dealkylation sites (tertiary alicyclic amines) is 1. The number of benzene rings is 1. The molecule has 1 saturated heterocycles. The fourth-order valence-electron chi connectivity index (χ4n) is 3.91. The minimum absolute atomic E-state index is 0.0140. The Morgan fingerprint density at radius 1 is 1.31 bits per heavy atom. The molecule has 1 saturated carbocycles. The molecule has 1 heterocycles. The van der Waals surface area contributed by atoms with Crippen molar-refractivity contribution in [3.05, 3.63) is 29.8 Å². The lowest BCUT2D eigenvalue weighted by molar-refractivity contribution is -0.274. The Morgan fingerprint density at radius 2 is 1.94 bits per heavy atom. The maximum Gasteiger partial charge on any atom is 0.573 e. The zero-order valence-corrected chi connectivity index (χ0v) is 16.9. The summed E-state index contributed by atoms with van der Waals surface area (Å²) < 4.78 is 41.0. The summed E-state index contributed by atoms with van der Waals surface area (Å²) in [6.07, 6.45) is 0.149. The number of primary amides is 1. The molecule has 0 radical (unpaired) electrons. The van der Waals surface area contributed by atoms with Crippen LogP contribution in [0.1, 0.15) is 31.2 Å². The highest BCUT2D eigenvalue weighted by Gasteiger charge is 2.56. The third kappa shape index (κ3) is 5.13. The Bertz CT molecular complexity index is 937. The van der Waals surface area contributed by atoms with Gasteiger partial charge in [-0.25, -0.2) is 0 Å². The van der Waals surface area contributed by atoms with Gasteiger partial charge in [-0.3, -0.25) is 14.4 Å². The minimum Gasteiger partial charge on any atom is -0.406 e. The van der Waals surface area contributed by atoms with Gasteiger partial charge in [-0.15, -0.1) is 19.6 Å². The van der Waals surface area contributed by atoms with Gasteiger partial charge in [0.25, 0.3) is 0 Å². The first-order chi connectivity index (χ1) is 14.9.